The minimum absolute atomic E-state index is 0.183. The topological polar surface area (TPSA) is 60.2 Å². The highest BCUT2D eigenvalue weighted by Crippen LogP contribution is 2.63. The average molecular weight is 239 g/mol. The van der Waals surface area contributed by atoms with Gasteiger partial charge in [0, 0.05) is 0 Å². The summed E-state index contributed by atoms with van der Waals surface area (Å²) in [5, 5.41) is 5.05. The van der Waals surface area contributed by atoms with Crippen LogP contribution in [0.25, 0.3) is 0 Å². The molecule has 0 amide bonds. The van der Waals surface area contributed by atoms with Crippen molar-refractivity contribution in [1.82, 2.24) is 0 Å². The summed E-state index contributed by atoms with van der Waals surface area (Å²) < 4.78 is 22.2. The zero-order valence-electron chi connectivity index (χ0n) is 9.77. The van der Waals surface area contributed by atoms with E-state index in [1.54, 1.807) is 12.1 Å². The highest BCUT2D eigenvalue weighted by atomic mass is 32.2. The van der Waals surface area contributed by atoms with E-state index < -0.39 is 10.0 Å². The summed E-state index contributed by atoms with van der Waals surface area (Å²) in [6.45, 7) is 6.68. The van der Waals surface area contributed by atoms with Gasteiger partial charge in [0.05, 0.1) is 4.90 Å². The first-order valence-electron chi connectivity index (χ1n) is 5.37. The van der Waals surface area contributed by atoms with Crippen LogP contribution in [0.15, 0.2) is 29.2 Å². The Balaban J connectivity index is 2.29. The molecule has 0 spiro atoms. The van der Waals surface area contributed by atoms with Gasteiger partial charge in [-0.1, -0.05) is 32.9 Å². The predicted molar refractivity (Wildman–Crippen MR) is 63.5 cm³/mol. The van der Waals surface area contributed by atoms with Gasteiger partial charge in [0.2, 0.25) is 10.0 Å². The van der Waals surface area contributed by atoms with Crippen molar-refractivity contribution in [1.29, 1.82) is 0 Å². The van der Waals surface area contributed by atoms with Gasteiger partial charge in [-0.05, 0) is 34.9 Å². The zero-order chi connectivity index (χ0) is 12.1. The number of hydrogen-bond donors (Lipinski definition) is 1. The molecule has 88 valence electrons. The maximum Gasteiger partial charge on any atom is 0.238 e. The number of primary sulfonamides is 1. The van der Waals surface area contributed by atoms with Gasteiger partial charge in [-0.25, -0.2) is 13.6 Å². The number of sulfonamides is 1. The molecule has 0 radical (unpaired) electrons. The molecule has 2 rings (SSSR count). The van der Waals surface area contributed by atoms with Crippen LogP contribution in [0, 0.1) is 11.3 Å². The van der Waals surface area contributed by atoms with Crippen LogP contribution in [0.1, 0.15) is 32.3 Å². The second-order valence-corrected chi connectivity index (χ2v) is 6.76. The van der Waals surface area contributed by atoms with Crippen molar-refractivity contribution in [2.75, 3.05) is 0 Å². The Morgan fingerprint density at radius 2 is 1.62 bits per heavy atom. The van der Waals surface area contributed by atoms with Crippen LogP contribution in [0.3, 0.4) is 0 Å². The van der Waals surface area contributed by atoms with Gasteiger partial charge in [0.15, 0.2) is 0 Å². The molecule has 0 bridgehead atoms. The van der Waals surface area contributed by atoms with E-state index in [1.807, 2.05) is 12.1 Å². The van der Waals surface area contributed by atoms with Gasteiger partial charge in [0.1, 0.15) is 0 Å². The molecular formula is C12H17NO2S. The van der Waals surface area contributed by atoms with Crippen molar-refractivity contribution in [3.8, 4) is 0 Å². The lowest BCUT2D eigenvalue weighted by Gasteiger charge is -2.04. The molecule has 4 heteroatoms. The lowest BCUT2D eigenvalue weighted by Crippen LogP contribution is -2.11. The maximum atomic E-state index is 11.1. The molecule has 3 nitrogen and oxygen atoms in total. The summed E-state index contributed by atoms with van der Waals surface area (Å²) in [4.78, 5) is 0.183. The highest BCUT2D eigenvalue weighted by molar-refractivity contribution is 7.89. The van der Waals surface area contributed by atoms with Crippen molar-refractivity contribution < 1.29 is 8.42 Å². The number of rotatable bonds is 2. The number of hydrogen-bond acceptors (Lipinski definition) is 2. The van der Waals surface area contributed by atoms with Gasteiger partial charge in [-0.2, -0.15) is 0 Å². The van der Waals surface area contributed by atoms with Crippen molar-refractivity contribution in [2.24, 2.45) is 16.5 Å². The van der Waals surface area contributed by atoms with Crippen molar-refractivity contribution in [3.63, 3.8) is 0 Å². The van der Waals surface area contributed by atoms with E-state index in [2.05, 4.69) is 20.8 Å². The predicted octanol–water partition coefficient (Wildman–Crippen LogP) is 2.09. The van der Waals surface area contributed by atoms with Crippen molar-refractivity contribution >= 4 is 10.0 Å². The summed E-state index contributed by atoms with van der Waals surface area (Å²) in [5.74, 6) is 1.18. The Hall–Kier alpha value is -0.870. The van der Waals surface area contributed by atoms with Gasteiger partial charge < -0.3 is 0 Å². The van der Waals surface area contributed by atoms with Crippen LogP contribution in [-0.2, 0) is 10.0 Å². The molecule has 2 atom stereocenters. The van der Waals surface area contributed by atoms with Crippen LogP contribution >= 0.6 is 0 Å². The Morgan fingerprint density at radius 1 is 1.19 bits per heavy atom. The van der Waals surface area contributed by atoms with Crippen LogP contribution < -0.4 is 5.14 Å². The quantitative estimate of drug-likeness (QED) is 0.859. The van der Waals surface area contributed by atoms with Gasteiger partial charge >= 0.3 is 0 Å². The largest absolute Gasteiger partial charge is 0.238 e. The molecular weight excluding hydrogens is 222 g/mol. The smallest absolute Gasteiger partial charge is 0.225 e. The van der Waals surface area contributed by atoms with E-state index in [0.717, 1.165) is 0 Å². The van der Waals surface area contributed by atoms with E-state index in [-0.39, 0.29) is 4.90 Å². The van der Waals surface area contributed by atoms with Gasteiger partial charge in [-0.3, -0.25) is 0 Å². The summed E-state index contributed by atoms with van der Waals surface area (Å²) in [6, 6.07) is 6.92. The fourth-order valence-corrected chi connectivity index (χ4v) is 2.99. The Bertz CT molecular complexity index is 502. The van der Waals surface area contributed by atoms with Crippen molar-refractivity contribution in [2.45, 2.75) is 31.6 Å². The summed E-state index contributed by atoms with van der Waals surface area (Å²) in [5.41, 5.74) is 1.52. The molecule has 0 heterocycles. The zero-order valence-corrected chi connectivity index (χ0v) is 10.6. The molecule has 16 heavy (non-hydrogen) atoms. The first-order valence-corrected chi connectivity index (χ1v) is 6.92. The Labute approximate surface area is 96.7 Å². The van der Waals surface area contributed by atoms with Crippen molar-refractivity contribution in [3.05, 3.63) is 29.8 Å². The Kier molecular flexibility index (Phi) is 2.40. The van der Waals surface area contributed by atoms with E-state index in [4.69, 9.17) is 5.14 Å². The molecule has 0 aromatic heterocycles. The molecule has 0 saturated heterocycles. The normalized spacial score (nSPS) is 27.8. The van der Waals surface area contributed by atoms with Gasteiger partial charge in [-0.15, -0.1) is 0 Å². The molecule has 1 aromatic rings. The molecule has 1 aliphatic rings. The van der Waals surface area contributed by atoms with E-state index in [0.29, 0.717) is 17.3 Å². The SMILES string of the molecule is C[C@@H]1[C@@H](c2ccc(S(N)(=O)=O)cc2)C1(C)C. The van der Waals surface area contributed by atoms with Crippen LogP contribution in [0.4, 0.5) is 0 Å². The lowest BCUT2D eigenvalue weighted by molar-refractivity contribution is 0.575. The van der Waals surface area contributed by atoms with E-state index in [1.165, 1.54) is 5.56 Å². The third-order valence-corrected chi connectivity index (χ3v) is 4.86. The minimum atomic E-state index is -3.57. The average Bonchev–Trinajstić information content (AvgIpc) is 2.65. The summed E-state index contributed by atoms with van der Waals surface area (Å²) in [7, 11) is -3.57. The number of benzene rings is 1. The monoisotopic (exact) mass is 239 g/mol. The summed E-state index contributed by atoms with van der Waals surface area (Å²) in [6.07, 6.45) is 0. The molecule has 1 aromatic carbocycles. The summed E-state index contributed by atoms with van der Waals surface area (Å²) >= 11 is 0. The lowest BCUT2D eigenvalue weighted by atomic mass is 10.0. The van der Waals surface area contributed by atoms with E-state index >= 15 is 0 Å². The van der Waals surface area contributed by atoms with Crippen LogP contribution in [-0.4, -0.2) is 8.42 Å². The third kappa shape index (κ3) is 1.76. The maximum absolute atomic E-state index is 11.1. The van der Waals surface area contributed by atoms with Gasteiger partial charge in [0.25, 0.3) is 0 Å². The third-order valence-electron chi connectivity index (χ3n) is 3.93. The highest BCUT2D eigenvalue weighted by Gasteiger charge is 2.54. The van der Waals surface area contributed by atoms with E-state index in [9.17, 15) is 8.42 Å². The second kappa shape index (κ2) is 3.31. The second-order valence-electron chi connectivity index (χ2n) is 5.20. The number of nitrogens with two attached hydrogens (primary N) is 1. The standard InChI is InChI=1S/C12H17NO2S/c1-8-11(12(8,2)3)9-4-6-10(7-5-9)16(13,14)15/h4-8,11H,1-3H3,(H2,13,14,15)/t8-,11+/m1/s1. The molecule has 0 unspecified atom stereocenters. The minimum Gasteiger partial charge on any atom is -0.225 e. The first kappa shape index (κ1) is 11.6. The Morgan fingerprint density at radius 3 is 1.94 bits per heavy atom. The molecule has 2 N–H and O–H groups in total. The van der Waals surface area contributed by atoms with Crippen LogP contribution in [0.2, 0.25) is 0 Å². The van der Waals surface area contributed by atoms with Crippen LogP contribution in [0.5, 0.6) is 0 Å². The fraction of sp³-hybridized carbons (Fsp3) is 0.500. The molecule has 1 saturated carbocycles. The molecule has 1 fully saturated rings. The fourth-order valence-electron chi connectivity index (χ4n) is 2.48. The first-order chi connectivity index (χ1) is 7.24. The molecule has 0 aliphatic heterocycles. The molecule has 1 aliphatic carbocycles.